The largest absolute Gasteiger partial charge is 0.486 e. The highest BCUT2D eigenvalue weighted by Crippen LogP contribution is 2.32. The molecule has 0 aromatic heterocycles. The molecule has 0 atom stereocenters. The molecule has 0 saturated heterocycles. The zero-order chi connectivity index (χ0) is 9.26. The molecule has 5 nitrogen and oxygen atoms in total. The topological polar surface area (TPSA) is 64.6 Å². The van der Waals surface area contributed by atoms with Crippen LogP contribution in [-0.4, -0.2) is 18.1 Å². The highest BCUT2D eigenvalue weighted by atomic mass is 16.6. The third kappa shape index (κ3) is 1.40. The summed E-state index contributed by atoms with van der Waals surface area (Å²) in [7, 11) is 0. The zero-order valence-corrected chi connectivity index (χ0v) is 6.82. The van der Waals surface area contributed by atoms with Crippen molar-refractivity contribution in [3.63, 3.8) is 0 Å². The molecule has 1 aromatic rings. The molecule has 1 radical (unpaired) electrons. The average Bonchev–Trinajstić information content (AvgIpc) is 2.17. The van der Waals surface area contributed by atoms with E-state index in [-0.39, 0.29) is 10.6 Å². The summed E-state index contributed by atoms with van der Waals surface area (Å²) in [5, 5.41) is 0. The minimum Gasteiger partial charge on any atom is -0.486 e. The van der Waals surface area contributed by atoms with Crippen LogP contribution in [0, 0.1) is 11.0 Å². The SMILES string of the molecule is N[N+](=O)c1[c]cc2c(c1)OCCO2. The third-order valence-corrected chi connectivity index (χ3v) is 1.70. The van der Waals surface area contributed by atoms with Crippen LogP contribution in [0.5, 0.6) is 11.5 Å². The van der Waals surface area contributed by atoms with Gasteiger partial charge in [-0.3, -0.25) is 0 Å². The van der Waals surface area contributed by atoms with Crippen LogP contribution < -0.4 is 15.3 Å². The molecular formula is C8H8N2O3+. The van der Waals surface area contributed by atoms with Crippen LogP contribution in [0.15, 0.2) is 12.1 Å². The Morgan fingerprint density at radius 1 is 1.38 bits per heavy atom. The predicted molar refractivity (Wildman–Crippen MR) is 43.7 cm³/mol. The van der Waals surface area contributed by atoms with E-state index in [2.05, 4.69) is 6.07 Å². The van der Waals surface area contributed by atoms with Crippen molar-refractivity contribution in [1.29, 1.82) is 0 Å². The summed E-state index contributed by atoms with van der Waals surface area (Å²) in [4.78, 5) is 10.9. The normalized spacial score (nSPS) is 13.8. The maximum atomic E-state index is 10.7. The second-order valence-corrected chi connectivity index (χ2v) is 2.57. The molecule has 0 amide bonds. The van der Waals surface area contributed by atoms with Gasteiger partial charge in [0.05, 0.1) is 17.0 Å². The summed E-state index contributed by atoms with van der Waals surface area (Å²) in [6.45, 7) is 1.00. The monoisotopic (exact) mass is 180 g/mol. The molecule has 2 N–H and O–H groups in total. The van der Waals surface area contributed by atoms with Crippen molar-refractivity contribution in [2.45, 2.75) is 0 Å². The molecule has 1 aliphatic heterocycles. The molecular weight excluding hydrogens is 172 g/mol. The van der Waals surface area contributed by atoms with Gasteiger partial charge in [-0.2, -0.15) is 5.84 Å². The molecule has 0 unspecified atom stereocenters. The van der Waals surface area contributed by atoms with Crippen LogP contribution in [0.3, 0.4) is 0 Å². The summed E-state index contributed by atoms with van der Waals surface area (Å²) in [5.74, 6) is 6.12. The fraction of sp³-hybridized carbons (Fsp3) is 0.250. The van der Waals surface area contributed by atoms with Crippen molar-refractivity contribution in [3.8, 4) is 11.5 Å². The Hall–Kier alpha value is -1.78. The van der Waals surface area contributed by atoms with Gasteiger partial charge in [0.15, 0.2) is 16.4 Å². The van der Waals surface area contributed by atoms with Crippen LogP contribution >= 0.6 is 0 Å². The molecule has 1 aromatic carbocycles. The minimum atomic E-state index is 0.226. The van der Waals surface area contributed by atoms with Gasteiger partial charge in [0, 0.05) is 0 Å². The maximum Gasteiger partial charge on any atom is 0.303 e. The Bertz CT molecular complexity index is 351. The van der Waals surface area contributed by atoms with Gasteiger partial charge in [0.25, 0.3) is 0 Å². The fourth-order valence-corrected chi connectivity index (χ4v) is 1.10. The number of hydrazine groups is 1. The second kappa shape index (κ2) is 2.93. The van der Waals surface area contributed by atoms with Gasteiger partial charge >= 0.3 is 5.69 Å². The Balaban J connectivity index is 2.40. The lowest BCUT2D eigenvalue weighted by atomic mass is 10.2. The summed E-state index contributed by atoms with van der Waals surface area (Å²) in [5.41, 5.74) is 0.226. The number of benzene rings is 1. The molecule has 5 heteroatoms. The first-order chi connectivity index (χ1) is 6.27. The molecule has 0 spiro atoms. The van der Waals surface area contributed by atoms with E-state index in [0.29, 0.717) is 24.7 Å². The molecule has 1 heterocycles. The van der Waals surface area contributed by atoms with Gasteiger partial charge < -0.3 is 9.47 Å². The van der Waals surface area contributed by atoms with Gasteiger partial charge in [-0.25, -0.2) is 0 Å². The van der Waals surface area contributed by atoms with Crippen molar-refractivity contribution in [3.05, 3.63) is 23.1 Å². The first-order valence-electron chi connectivity index (χ1n) is 3.80. The number of ether oxygens (including phenoxy) is 2. The van der Waals surface area contributed by atoms with Gasteiger partial charge in [0.1, 0.15) is 13.2 Å². The van der Waals surface area contributed by atoms with Crippen molar-refractivity contribution in [2.75, 3.05) is 13.2 Å². The number of nitroso groups, excluding NO2 is 1. The Morgan fingerprint density at radius 2 is 2.08 bits per heavy atom. The smallest absolute Gasteiger partial charge is 0.303 e. The van der Waals surface area contributed by atoms with Gasteiger partial charge in [0.2, 0.25) is 0 Å². The molecule has 67 valence electrons. The lowest BCUT2D eigenvalue weighted by Crippen LogP contribution is -2.16. The standard InChI is InChI=1S/C8H8N2O3/c9-10(11)6-1-2-7-8(5-6)13-4-3-12-7/h2,5H,3-4H2,(H2,9,11)/q+1. The average molecular weight is 180 g/mol. The van der Waals surface area contributed by atoms with Crippen LogP contribution in [0.25, 0.3) is 0 Å². The van der Waals surface area contributed by atoms with E-state index in [1.165, 1.54) is 6.07 Å². The van der Waals surface area contributed by atoms with E-state index < -0.39 is 0 Å². The Kier molecular flexibility index (Phi) is 1.77. The highest BCUT2D eigenvalue weighted by Gasteiger charge is 2.17. The van der Waals surface area contributed by atoms with Crippen LogP contribution in [0.4, 0.5) is 5.69 Å². The zero-order valence-electron chi connectivity index (χ0n) is 6.82. The number of hydrogen-bond donors (Lipinski definition) is 1. The van der Waals surface area contributed by atoms with E-state index in [1.54, 1.807) is 6.07 Å². The summed E-state index contributed by atoms with van der Waals surface area (Å²) >= 11 is 0. The number of hydrogen-bond acceptors (Lipinski definition) is 3. The number of fused-ring (bicyclic) bond motifs is 1. The first-order valence-corrected chi connectivity index (χ1v) is 3.80. The van der Waals surface area contributed by atoms with Crippen molar-refractivity contribution in [1.82, 2.24) is 0 Å². The van der Waals surface area contributed by atoms with Gasteiger partial charge in [-0.05, 0) is 6.07 Å². The third-order valence-electron chi connectivity index (χ3n) is 1.70. The van der Waals surface area contributed by atoms with E-state index in [1.807, 2.05) is 0 Å². The van der Waals surface area contributed by atoms with Crippen LogP contribution in [0.1, 0.15) is 0 Å². The molecule has 1 aliphatic rings. The quantitative estimate of drug-likeness (QED) is 0.389. The van der Waals surface area contributed by atoms with E-state index in [9.17, 15) is 4.91 Å². The molecule has 0 fully saturated rings. The van der Waals surface area contributed by atoms with Gasteiger partial charge in [-0.15, -0.1) is 0 Å². The fourth-order valence-electron chi connectivity index (χ4n) is 1.10. The number of rotatable bonds is 1. The Morgan fingerprint density at radius 3 is 2.77 bits per heavy atom. The second-order valence-electron chi connectivity index (χ2n) is 2.57. The van der Waals surface area contributed by atoms with Crippen LogP contribution in [0.2, 0.25) is 0 Å². The lowest BCUT2D eigenvalue weighted by Gasteiger charge is -2.16. The van der Waals surface area contributed by atoms with E-state index in [4.69, 9.17) is 15.3 Å². The first kappa shape index (κ1) is 7.85. The highest BCUT2D eigenvalue weighted by molar-refractivity contribution is 5.48. The lowest BCUT2D eigenvalue weighted by molar-refractivity contribution is -0.475. The summed E-state index contributed by atoms with van der Waals surface area (Å²) < 4.78 is 10.5. The van der Waals surface area contributed by atoms with Crippen LogP contribution in [-0.2, 0) is 0 Å². The summed E-state index contributed by atoms with van der Waals surface area (Å²) in [6.07, 6.45) is 0. The number of nitrogens with zero attached hydrogens (tertiary/aromatic N) is 1. The van der Waals surface area contributed by atoms with E-state index >= 15 is 0 Å². The van der Waals surface area contributed by atoms with E-state index in [0.717, 1.165) is 0 Å². The molecule has 0 bridgehead atoms. The van der Waals surface area contributed by atoms with Crippen molar-refractivity contribution >= 4 is 5.69 Å². The predicted octanol–water partition coefficient (Wildman–Crippen LogP) is 0.542. The van der Waals surface area contributed by atoms with Gasteiger partial charge in [-0.1, -0.05) is 0 Å². The molecule has 2 rings (SSSR count). The Labute approximate surface area is 74.6 Å². The number of nitrogens with two attached hydrogens (primary N) is 1. The summed E-state index contributed by atoms with van der Waals surface area (Å²) in [6, 6.07) is 5.72. The molecule has 0 aliphatic carbocycles. The molecule has 13 heavy (non-hydrogen) atoms. The van der Waals surface area contributed by atoms with Crippen molar-refractivity contribution in [2.24, 2.45) is 5.84 Å². The minimum absolute atomic E-state index is 0.226. The maximum absolute atomic E-state index is 10.7. The van der Waals surface area contributed by atoms with Crippen molar-refractivity contribution < 1.29 is 14.3 Å². The molecule has 0 saturated carbocycles.